The molecule has 0 aliphatic rings. The maximum atomic E-state index is 12.2. The lowest BCUT2D eigenvalue weighted by Crippen LogP contribution is -2.38. The van der Waals surface area contributed by atoms with E-state index in [9.17, 15) is 18.0 Å². The molecule has 1 aromatic carbocycles. The van der Waals surface area contributed by atoms with Gasteiger partial charge in [0.1, 0.15) is 6.04 Å². The first-order valence-corrected chi connectivity index (χ1v) is 9.81. The molecule has 0 bridgehead atoms. The SMILES string of the molecule is C[C@H](NC(=O)c1ccc(S(=O)(=O)NCCc2cccs2)cc1)C(=O)O. The number of aliphatic carboxylic acids is 1. The van der Waals surface area contributed by atoms with Crippen molar-refractivity contribution in [2.45, 2.75) is 24.3 Å². The molecule has 2 aromatic rings. The van der Waals surface area contributed by atoms with Gasteiger partial charge >= 0.3 is 5.97 Å². The average molecular weight is 382 g/mol. The highest BCUT2D eigenvalue weighted by atomic mass is 32.2. The van der Waals surface area contributed by atoms with Crippen molar-refractivity contribution in [2.75, 3.05) is 6.54 Å². The zero-order valence-corrected chi connectivity index (χ0v) is 15.1. The van der Waals surface area contributed by atoms with E-state index in [-0.39, 0.29) is 17.0 Å². The molecule has 25 heavy (non-hydrogen) atoms. The van der Waals surface area contributed by atoms with E-state index in [1.54, 1.807) is 11.3 Å². The van der Waals surface area contributed by atoms with Crippen molar-refractivity contribution in [1.29, 1.82) is 0 Å². The Morgan fingerprint density at radius 3 is 2.44 bits per heavy atom. The van der Waals surface area contributed by atoms with E-state index >= 15 is 0 Å². The molecule has 0 aliphatic heterocycles. The molecule has 0 spiro atoms. The third kappa shape index (κ3) is 5.38. The van der Waals surface area contributed by atoms with E-state index in [0.29, 0.717) is 6.42 Å². The molecular weight excluding hydrogens is 364 g/mol. The fourth-order valence-electron chi connectivity index (χ4n) is 1.97. The number of carbonyl (C=O) groups excluding carboxylic acids is 1. The van der Waals surface area contributed by atoms with Crippen molar-refractivity contribution in [3.05, 3.63) is 52.2 Å². The second-order valence-electron chi connectivity index (χ2n) is 5.28. The Hall–Kier alpha value is -2.23. The van der Waals surface area contributed by atoms with Crippen molar-refractivity contribution in [3.8, 4) is 0 Å². The number of benzene rings is 1. The molecule has 134 valence electrons. The van der Waals surface area contributed by atoms with Gasteiger partial charge in [0.05, 0.1) is 4.90 Å². The van der Waals surface area contributed by atoms with Gasteiger partial charge in [-0.2, -0.15) is 0 Å². The zero-order valence-electron chi connectivity index (χ0n) is 13.4. The fourth-order valence-corrected chi connectivity index (χ4v) is 3.71. The number of rotatable bonds is 8. The van der Waals surface area contributed by atoms with Crippen LogP contribution in [0.25, 0.3) is 0 Å². The van der Waals surface area contributed by atoms with Crippen LogP contribution in [0.5, 0.6) is 0 Å². The third-order valence-corrected chi connectivity index (χ3v) is 5.80. The van der Waals surface area contributed by atoms with Crippen LogP contribution in [-0.4, -0.2) is 38.0 Å². The van der Waals surface area contributed by atoms with Gasteiger partial charge in [-0.25, -0.2) is 13.1 Å². The Kier molecular flexibility index (Phi) is 6.29. The number of hydrogen-bond donors (Lipinski definition) is 3. The summed E-state index contributed by atoms with van der Waals surface area (Å²) in [7, 11) is -3.66. The van der Waals surface area contributed by atoms with Crippen LogP contribution in [0, 0.1) is 0 Å². The Morgan fingerprint density at radius 1 is 1.20 bits per heavy atom. The number of nitrogens with one attached hydrogen (secondary N) is 2. The first-order chi connectivity index (χ1) is 11.8. The number of hydrogen-bond acceptors (Lipinski definition) is 5. The molecule has 0 saturated heterocycles. The monoisotopic (exact) mass is 382 g/mol. The number of carboxylic acid groups (broad SMARTS) is 1. The second kappa shape index (κ2) is 8.24. The van der Waals surface area contributed by atoms with Crippen molar-refractivity contribution < 1.29 is 23.1 Å². The van der Waals surface area contributed by atoms with Gasteiger partial charge in [0.25, 0.3) is 5.91 Å². The molecule has 1 atom stereocenters. The number of carbonyl (C=O) groups is 2. The highest BCUT2D eigenvalue weighted by molar-refractivity contribution is 7.89. The number of sulfonamides is 1. The smallest absolute Gasteiger partial charge is 0.325 e. The highest BCUT2D eigenvalue weighted by Crippen LogP contribution is 2.12. The maximum Gasteiger partial charge on any atom is 0.325 e. The van der Waals surface area contributed by atoms with Crippen LogP contribution in [0.1, 0.15) is 22.2 Å². The van der Waals surface area contributed by atoms with Crippen molar-refractivity contribution in [1.82, 2.24) is 10.0 Å². The molecule has 0 radical (unpaired) electrons. The average Bonchev–Trinajstić information content (AvgIpc) is 3.08. The summed E-state index contributed by atoms with van der Waals surface area (Å²) in [5.74, 6) is -1.73. The second-order valence-corrected chi connectivity index (χ2v) is 8.08. The van der Waals surface area contributed by atoms with Gasteiger partial charge in [-0.1, -0.05) is 6.07 Å². The van der Waals surface area contributed by atoms with Crippen molar-refractivity contribution >= 4 is 33.2 Å². The number of carboxylic acids is 1. The van der Waals surface area contributed by atoms with E-state index in [1.165, 1.54) is 31.2 Å². The predicted octanol–water partition coefficient (Wildman–Crippen LogP) is 1.47. The molecule has 2 rings (SSSR count). The quantitative estimate of drug-likeness (QED) is 0.640. The molecule has 1 aromatic heterocycles. The van der Waals surface area contributed by atoms with Gasteiger partial charge in [0.15, 0.2) is 0 Å². The molecular formula is C16H18N2O5S2. The van der Waals surface area contributed by atoms with E-state index in [4.69, 9.17) is 5.11 Å². The van der Waals surface area contributed by atoms with Crippen molar-refractivity contribution in [2.24, 2.45) is 0 Å². The van der Waals surface area contributed by atoms with Crippen LogP contribution >= 0.6 is 11.3 Å². The summed E-state index contributed by atoms with van der Waals surface area (Å²) < 4.78 is 27.0. The normalized spacial score (nSPS) is 12.5. The first kappa shape index (κ1) is 19.1. The molecule has 9 heteroatoms. The van der Waals surface area contributed by atoms with Gasteiger partial charge < -0.3 is 10.4 Å². The number of amides is 1. The van der Waals surface area contributed by atoms with Crippen LogP contribution in [0.15, 0.2) is 46.7 Å². The summed E-state index contributed by atoms with van der Waals surface area (Å²) in [6.07, 6.45) is 0.602. The van der Waals surface area contributed by atoms with Crippen molar-refractivity contribution in [3.63, 3.8) is 0 Å². The summed E-state index contributed by atoms with van der Waals surface area (Å²) in [5, 5.41) is 13.0. The summed E-state index contributed by atoms with van der Waals surface area (Å²) in [4.78, 5) is 23.7. The Bertz CT molecular complexity index is 830. The lowest BCUT2D eigenvalue weighted by molar-refractivity contribution is -0.138. The summed E-state index contributed by atoms with van der Waals surface area (Å²) in [5.41, 5.74) is 0.186. The van der Waals surface area contributed by atoms with E-state index in [2.05, 4.69) is 10.0 Å². The van der Waals surface area contributed by atoms with Gasteiger partial charge in [0, 0.05) is 17.0 Å². The minimum Gasteiger partial charge on any atom is -0.480 e. The van der Waals surface area contributed by atoms with Crippen LogP contribution in [0.2, 0.25) is 0 Å². The number of thiophene rings is 1. The largest absolute Gasteiger partial charge is 0.480 e. The van der Waals surface area contributed by atoms with Crippen LogP contribution < -0.4 is 10.0 Å². The van der Waals surface area contributed by atoms with Gasteiger partial charge in [-0.3, -0.25) is 9.59 Å². The predicted molar refractivity (Wildman–Crippen MR) is 94.2 cm³/mol. The van der Waals surface area contributed by atoms with Crippen LogP contribution in [0.3, 0.4) is 0 Å². The Labute approximate surface area is 149 Å². The lowest BCUT2D eigenvalue weighted by Gasteiger charge is -2.10. The highest BCUT2D eigenvalue weighted by Gasteiger charge is 2.17. The molecule has 0 saturated carbocycles. The third-order valence-electron chi connectivity index (χ3n) is 3.39. The molecule has 7 nitrogen and oxygen atoms in total. The molecule has 3 N–H and O–H groups in total. The minimum atomic E-state index is -3.66. The van der Waals surface area contributed by atoms with E-state index < -0.39 is 27.9 Å². The van der Waals surface area contributed by atoms with E-state index in [0.717, 1.165) is 4.88 Å². The lowest BCUT2D eigenvalue weighted by atomic mass is 10.2. The molecule has 0 aliphatic carbocycles. The minimum absolute atomic E-state index is 0.0431. The zero-order chi connectivity index (χ0) is 18.4. The first-order valence-electron chi connectivity index (χ1n) is 7.45. The van der Waals surface area contributed by atoms with Gasteiger partial charge in [-0.05, 0) is 49.1 Å². The van der Waals surface area contributed by atoms with Crippen LogP contribution in [-0.2, 0) is 21.2 Å². The molecule has 0 fully saturated rings. The summed E-state index contributed by atoms with van der Waals surface area (Å²) in [6.45, 7) is 1.62. The molecule has 1 amide bonds. The summed E-state index contributed by atoms with van der Waals surface area (Å²) in [6, 6.07) is 8.13. The van der Waals surface area contributed by atoms with Crippen LogP contribution in [0.4, 0.5) is 0 Å². The van der Waals surface area contributed by atoms with Gasteiger partial charge in [-0.15, -0.1) is 11.3 Å². The molecule has 1 heterocycles. The Balaban J connectivity index is 1.97. The molecule has 0 unspecified atom stereocenters. The standard InChI is InChI=1S/C16H18N2O5S2/c1-11(16(20)21)18-15(19)12-4-6-14(7-5-12)25(22,23)17-9-8-13-3-2-10-24-13/h2-7,10-11,17H,8-9H2,1H3,(H,18,19)(H,20,21)/t11-/m0/s1. The maximum absolute atomic E-state index is 12.2. The summed E-state index contributed by atoms with van der Waals surface area (Å²) >= 11 is 1.56. The van der Waals surface area contributed by atoms with Gasteiger partial charge in [0.2, 0.25) is 10.0 Å². The fraction of sp³-hybridized carbons (Fsp3) is 0.250. The van der Waals surface area contributed by atoms with E-state index in [1.807, 2.05) is 17.5 Å². The Morgan fingerprint density at radius 2 is 1.88 bits per heavy atom. The topological polar surface area (TPSA) is 113 Å².